The predicted octanol–water partition coefficient (Wildman–Crippen LogP) is 3.97. The molecule has 0 fully saturated rings. The summed E-state index contributed by atoms with van der Waals surface area (Å²) in [5, 5.41) is 1.78. The maximum atomic E-state index is 13.2. The maximum absolute atomic E-state index is 13.2. The molecule has 0 atom stereocenters. The van der Waals surface area contributed by atoms with Gasteiger partial charge in [-0.05, 0) is 48.9 Å². The van der Waals surface area contributed by atoms with E-state index in [0.717, 1.165) is 16.7 Å². The van der Waals surface area contributed by atoms with Crippen LogP contribution in [-0.4, -0.2) is 14.9 Å². The number of hydrogen-bond donors (Lipinski definition) is 0. The van der Waals surface area contributed by atoms with Crippen LogP contribution in [0.3, 0.4) is 0 Å². The van der Waals surface area contributed by atoms with Gasteiger partial charge in [-0.3, -0.25) is 18.7 Å². The van der Waals surface area contributed by atoms with Crippen LogP contribution >= 0.6 is 11.3 Å². The quantitative estimate of drug-likeness (QED) is 0.445. The van der Waals surface area contributed by atoms with E-state index in [1.165, 1.54) is 20.5 Å². The lowest BCUT2D eigenvalue weighted by atomic mass is 10.0. The largest absolute Gasteiger partial charge is 0.331 e. The number of rotatable bonds is 6. The number of Topliss-reactive ketones (excluding diaryl/α,β-unsaturated/α-hetero) is 1. The Morgan fingerprint density at radius 3 is 2.50 bits per heavy atom. The van der Waals surface area contributed by atoms with Crippen molar-refractivity contribution in [2.45, 2.75) is 33.4 Å². The minimum atomic E-state index is -0.444. The topological polar surface area (TPSA) is 61.1 Å². The number of carbonyl (C=O) groups is 1. The zero-order valence-electron chi connectivity index (χ0n) is 16.9. The molecule has 0 unspecified atom stereocenters. The molecule has 0 aliphatic heterocycles. The fourth-order valence-electron chi connectivity index (χ4n) is 3.63. The van der Waals surface area contributed by atoms with Crippen molar-refractivity contribution < 1.29 is 4.79 Å². The molecule has 2 aromatic carbocycles. The summed E-state index contributed by atoms with van der Waals surface area (Å²) in [7, 11) is 0. The molecule has 5 nitrogen and oxygen atoms in total. The third-order valence-electron chi connectivity index (χ3n) is 5.30. The minimum Gasteiger partial charge on any atom is -0.292 e. The molecule has 4 aromatic rings. The molecule has 2 heterocycles. The average Bonchev–Trinajstić information content (AvgIpc) is 3.23. The zero-order chi connectivity index (χ0) is 21.3. The van der Waals surface area contributed by atoms with E-state index in [0.29, 0.717) is 22.2 Å². The smallest absolute Gasteiger partial charge is 0.292 e. The summed E-state index contributed by atoms with van der Waals surface area (Å²) in [6.45, 7) is 3.99. The predicted molar refractivity (Wildman–Crippen MR) is 121 cm³/mol. The summed E-state index contributed by atoms with van der Waals surface area (Å²) in [4.78, 5) is 39.2. The Morgan fingerprint density at radius 1 is 0.967 bits per heavy atom. The Bertz CT molecular complexity index is 1350. The van der Waals surface area contributed by atoms with E-state index in [1.807, 2.05) is 62.4 Å². The number of carbonyl (C=O) groups excluding carboxylic acids is 1. The zero-order valence-corrected chi connectivity index (χ0v) is 17.7. The van der Waals surface area contributed by atoms with Crippen LogP contribution in [0.15, 0.2) is 69.6 Å². The van der Waals surface area contributed by atoms with Gasteiger partial charge in [0.05, 0.1) is 12.1 Å². The van der Waals surface area contributed by atoms with Gasteiger partial charge >= 0.3 is 5.69 Å². The Morgan fingerprint density at radius 2 is 1.73 bits per heavy atom. The van der Waals surface area contributed by atoms with Gasteiger partial charge in [-0.1, -0.05) is 48.0 Å². The third-order valence-corrected chi connectivity index (χ3v) is 6.19. The Balaban J connectivity index is 1.75. The number of ketones is 1. The van der Waals surface area contributed by atoms with Crippen LogP contribution in [-0.2, 0) is 19.5 Å². The molecule has 0 aliphatic carbocycles. The number of aromatic nitrogens is 2. The van der Waals surface area contributed by atoms with Gasteiger partial charge in [0.15, 0.2) is 5.78 Å². The number of fused-ring (bicyclic) bond motifs is 1. The molecule has 152 valence electrons. The SMILES string of the molecule is Cc1ccc(C)c(C(=O)Cn2c(=O)n(CCc3ccccc3)c(=O)c3sccc32)c1. The van der Waals surface area contributed by atoms with Gasteiger partial charge in [-0.15, -0.1) is 11.3 Å². The molecule has 0 aliphatic rings. The van der Waals surface area contributed by atoms with Crippen molar-refractivity contribution in [3.63, 3.8) is 0 Å². The van der Waals surface area contributed by atoms with Gasteiger partial charge in [0.1, 0.15) is 4.70 Å². The highest BCUT2D eigenvalue weighted by Gasteiger charge is 2.18. The standard InChI is InChI=1S/C24H22N2O3S/c1-16-8-9-17(2)19(14-16)21(27)15-26-20-11-13-30-22(20)23(28)25(24(26)29)12-10-18-6-4-3-5-7-18/h3-9,11,13-14H,10,12,15H2,1-2H3. The molecule has 4 rings (SSSR count). The number of aryl methyl sites for hydroxylation is 3. The molecule has 2 aromatic heterocycles. The van der Waals surface area contributed by atoms with E-state index in [-0.39, 0.29) is 24.4 Å². The van der Waals surface area contributed by atoms with Crippen LogP contribution in [0.5, 0.6) is 0 Å². The van der Waals surface area contributed by atoms with Gasteiger partial charge in [0, 0.05) is 12.1 Å². The molecule has 0 amide bonds. The van der Waals surface area contributed by atoms with Gasteiger partial charge < -0.3 is 0 Å². The van der Waals surface area contributed by atoms with E-state index in [9.17, 15) is 14.4 Å². The number of benzene rings is 2. The summed E-state index contributed by atoms with van der Waals surface area (Å²) in [6.07, 6.45) is 0.567. The maximum Gasteiger partial charge on any atom is 0.331 e. The van der Waals surface area contributed by atoms with Crippen LogP contribution < -0.4 is 11.2 Å². The highest BCUT2D eigenvalue weighted by atomic mass is 32.1. The average molecular weight is 419 g/mol. The fourth-order valence-corrected chi connectivity index (χ4v) is 4.48. The molecule has 0 radical (unpaired) electrons. The first kappa shape index (κ1) is 20.0. The minimum absolute atomic E-state index is 0.0953. The lowest BCUT2D eigenvalue weighted by molar-refractivity contribution is 0.0970. The van der Waals surface area contributed by atoms with Crippen LogP contribution in [0.4, 0.5) is 0 Å². The normalized spacial score (nSPS) is 11.1. The molecule has 0 bridgehead atoms. The van der Waals surface area contributed by atoms with Crippen LogP contribution in [0.25, 0.3) is 10.2 Å². The molecular formula is C24H22N2O3S. The van der Waals surface area contributed by atoms with Crippen molar-refractivity contribution in [3.05, 3.63) is 103 Å². The second-order valence-corrected chi connectivity index (χ2v) is 8.35. The number of thiophene rings is 1. The van der Waals surface area contributed by atoms with Gasteiger partial charge in [-0.25, -0.2) is 4.79 Å². The van der Waals surface area contributed by atoms with Gasteiger partial charge in [-0.2, -0.15) is 0 Å². The molecule has 0 saturated carbocycles. The summed E-state index contributed by atoms with van der Waals surface area (Å²) < 4.78 is 3.18. The van der Waals surface area contributed by atoms with Crippen molar-refractivity contribution in [1.29, 1.82) is 0 Å². The lowest BCUT2D eigenvalue weighted by Crippen LogP contribution is -2.41. The Kier molecular flexibility index (Phi) is 5.50. The molecule has 0 saturated heterocycles. The third kappa shape index (κ3) is 3.78. The molecule has 0 N–H and O–H groups in total. The number of hydrogen-bond acceptors (Lipinski definition) is 4. The summed E-state index contributed by atoms with van der Waals surface area (Å²) in [5.41, 5.74) is 3.30. The van der Waals surface area contributed by atoms with Gasteiger partial charge in [0.25, 0.3) is 5.56 Å². The van der Waals surface area contributed by atoms with Crippen LogP contribution in [0, 0.1) is 13.8 Å². The highest BCUT2D eigenvalue weighted by Crippen LogP contribution is 2.17. The second kappa shape index (κ2) is 8.24. The van der Waals surface area contributed by atoms with Crippen molar-refractivity contribution >= 4 is 27.3 Å². The van der Waals surface area contributed by atoms with E-state index in [2.05, 4.69) is 0 Å². The summed E-state index contributed by atoms with van der Waals surface area (Å²) >= 11 is 1.30. The Labute approximate surface area is 177 Å². The lowest BCUT2D eigenvalue weighted by Gasteiger charge is -2.13. The molecule has 6 heteroatoms. The van der Waals surface area contributed by atoms with Crippen LogP contribution in [0.1, 0.15) is 27.0 Å². The first-order valence-corrected chi connectivity index (χ1v) is 10.7. The molecule has 30 heavy (non-hydrogen) atoms. The first-order valence-electron chi connectivity index (χ1n) is 9.81. The highest BCUT2D eigenvalue weighted by molar-refractivity contribution is 7.17. The second-order valence-electron chi connectivity index (χ2n) is 7.44. The molecular weight excluding hydrogens is 396 g/mol. The van der Waals surface area contributed by atoms with Crippen molar-refractivity contribution in [2.75, 3.05) is 0 Å². The fraction of sp³-hybridized carbons (Fsp3) is 0.208. The molecule has 0 spiro atoms. The van der Waals surface area contributed by atoms with Crippen molar-refractivity contribution in [3.8, 4) is 0 Å². The number of nitrogens with zero attached hydrogens (tertiary/aromatic N) is 2. The van der Waals surface area contributed by atoms with E-state index >= 15 is 0 Å². The van der Waals surface area contributed by atoms with Crippen molar-refractivity contribution in [1.82, 2.24) is 9.13 Å². The summed E-state index contributed by atoms with van der Waals surface area (Å²) in [5.74, 6) is -0.140. The summed E-state index contributed by atoms with van der Waals surface area (Å²) in [6, 6.07) is 17.2. The van der Waals surface area contributed by atoms with E-state index < -0.39 is 5.69 Å². The van der Waals surface area contributed by atoms with Crippen LogP contribution in [0.2, 0.25) is 0 Å². The first-order chi connectivity index (χ1) is 14.5. The van der Waals surface area contributed by atoms with Crippen molar-refractivity contribution in [2.24, 2.45) is 0 Å². The Hall–Kier alpha value is -3.25. The monoisotopic (exact) mass is 418 g/mol. The van der Waals surface area contributed by atoms with Gasteiger partial charge in [0.2, 0.25) is 0 Å². The van der Waals surface area contributed by atoms with E-state index in [4.69, 9.17) is 0 Å². The van der Waals surface area contributed by atoms with E-state index in [1.54, 1.807) is 11.4 Å².